The standard InChI is InChI=1S/C35H31NO8S/c1-4-23(37)18-41-24-9-11-25(12-10-24)42-34(39)21-5-7-22(8-6-21)35(40)44-28-14-13-27(38)32-31(28)36-33(45-32)30-17-26-20(3)15-19(2)16-29(26)43-30/h4,9-17,21-22,38H,1,5-8,18H2,2-3H3/t21-,22-. The molecule has 0 amide bonds. The Morgan fingerprint density at radius 2 is 1.62 bits per heavy atom. The summed E-state index contributed by atoms with van der Waals surface area (Å²) in [5.41, 5.74) is 3.34. The van der Waals surface area contributed by atoms with Crippen LogP contribution in [0.5, 0.6) is 23.0 Å². The second kappa shape index (κ2) is 12.6. The van der Waals surface area contributed by atoms with Crippen molar-refractivity contribution in [2.45, 2.75) is 39.5 Å². The van der Waals surface area contributed by atoms with E-state index in [1.165, 1.54) is 23.5 Å². The van der Waals surface area contributed by atoms with Gasteiger partial charge in [0, 0.05) is 5.39 Å². The Hall–Kier alpha value is -4.96. The van der Waals surface area contributed by atoms with Crippen LogP contribution in [0.3, 0.4) is 0 Å². The van der Waals surface area contributed by atoms with Gasteiger partial charge < -0.3 is 23.7 Å². The first-order valence-electron chi connectivity index (χ1n) is 14.6. The number of rotatable bonds is 9. The highest BCUT2D eigenvalue weighted by Gasteiger charge is 2.33. The molecule has 0 spiro atoms. The maximum Gasteiger partial charge on any atom is 0.314 e. The number of carbonyl (C=O) groups excluding carboxylic acids is 3. The molecule has 45 heavy (non-hydrogen) atoms. The van der Waals surface area contributed by atoms with Crippen LogP contribution in [0.2, 0.25) is 0 Å². The average Bonchev–Trinajstić information content (AvgIpc) is 3.68. The van der Waals surface area contributed by atoms with Crippen molar-refractivity contribution >= 4 is 50.2 Å². The number of phenols is 1. The smallest absolute Gasteiger partial charge is 0.314 e. The maximum atomic E-state index is 13.2. The third kappa shape index (κ3) is 6.46. The van der Waals surface area contributed by atoms with Crippen molar-refractivity contribution in [2.24, 2.45) is 11.8 Å². The predicted octanol–water partition coefficient (Wildman–Crippen LogP) is 7.48. The summed E-state index contributed by atoms with van der Waals surface area (Å²) in [5.74, 6) is 0.0161. The minimum absolute atomic E-state index is 0.0423. The van der Waals surface area contributed by atoms with E-state index in [0.717, 1.165) is 22.1 Å². The monoisotopic (exact) mass is 625 g/mol. The number of esters is 2. The SMILES string of the molecule is C=CC(=O)COc1ccc(OC(=O)[C@H]2CC[C@H](C(=O)Oc3ccc(O)c4sc(-c5cc6c(C)cc(C)cc6o5)nc34)CC2)cc1. The van der Waals surface area contributed by atoms with Gasteiger partial charge in [-0.05, 0) is 105 Å². The fourth-order valence-corrected chi connectivity index (χ4v) is 6.47. The van der Waals surface area contributed by atoms with Gasteiger partial charge >= 0.3 is 11.9 Å². The van der Waals surface area contributed by atoms with Crippen molar-refractivity contribution in [2.75, 3.05) is 6.61 Å². The Morgan fingerprint density at radius 1 is 0.956 bits per heavy atom. The molecule has 2 aromatic heterocycles. The summed E-state index contributed by atoms with van der Waals surface area (Å²) in [6.45, 7) is 7.33. The van der Waals surface area contributed by atoms with Crippen LogP contribution in [0.1, 0.15) is 36.8 Å². The highest BCUT2D eigenvalue weighted by Crippen LogP contribution is 2.42. The zero-order chi connectivity index (χ0) is 31.7. The van der Waals surface area contributed by atoms with E-state index >= 15 is 0 Å². The molecular formula is C35H31NO8S. The van der Waals surface area contributed by atoms with Gasteiger partial charge in [-0.15, -0.1) is 11.3 Å². The van der Waals surface area contributed by atoms with Crippen molar-refractivity contribution in [3.63, 3.8) is 0 Å². The number of phenolic OH excluding ortho intramolecular Hbond substituents is 1. The zero-order valence-electron chi connectivity index (χ0n) is 24.8. The number of aromatic hydroxyl groups is 1. The molecule has 10 heteroatoms. The van der Waals surface area contributed by atoms with E-state index in [1.54, 1.807) is 30.3 Å². The lowest BCUT2D eigenvalue weighted by Crippen LogP contribution is -2.30. The number of ketones is 1. The van der Waals surface area contributed by atoms with Gasteiger partial charge in [0.25, 0.3) is 0 Å². The van der Waals surface area contributed by atoms with Crippen molar-refractivity contribution in [3.8, 4) is 33.8 Å². The van der Waals surface area contributed by atoms with Crippen molar-refractivity contribution in [1.82, 2.24) is 4.98 Å². The van der Waals surface area contributed by atoms with Gasteiger partial charge in [-0.1, -0.05) is 12.6 Å². The summed E-state index contributed by atoms with van der Waals surface area (Å²) in [5, 5.41) is 12.1. The molecule has 9 nitrogen and oxygen atoms in total. The number of aromatic nitrogens is 1. The third-order valence-corrected chi connectivity index (χ3v) is 9.03. The van der Waals surface area contributed by atoms with Crippen LogP contribution >= 0.6 is 11.3 Å². The number of aryl methyl sites for hydroxylation is 2. The summed E-state index contributed by atoms with van der Waals surface area (Å²) >= 11 is 1.27. The summed E-state index contributed by atoms with van der Waals surface area (Å²) in [4.78, 5) is 42.0. The number of ether oxygens (including phenoxy) is 3. The lowest BCUT2D eigenvalue weighted by atomic mass is 9.82. The first-order valence-corrected chi connectivity index (χ1v) is 15.5. The Bertz CT molecular complexity index is 1930. The van der Waals surface area contributed by atoms with E-state index < -0.39 is 5.97 Å². The number of nitrogens with zero attached hydrogens (tertiary/aromatic N) is 1. The molecule has 0 atom stereocenters. The second-order valence-electron chi connectivity index (χ2n) is 11.2. The van der Waals surface area contributed by atoms with Gasteiger partial charge in [-0.2, -0.15) is 0 Å². The molecule has 1 saturated carbocycles. The molecule has 1 aliphatic rings. The largest absolute Gasteiger partial charge is 0.506 e. The maximum absolute atomic E-state index is 13.2. The van der Waals surface area contributed by atoms with Gasteiger partial charge in [0.2, 0.25) is 0 Å². The summed E-state index contributed by atoms with van der Waals surface area (Å²) in [6, 6.07) is 15.5. The van der Waals surface area contributed by atoms with Gasteiger partial charge in [-0.3, -0.25) is 14.4 Å². The second-order valence-corrected chi connectivity index (χ2v) is 12.2. The molecular weight excluding hydrogens is 594 g/mol. The van der Waals surface area contributed by atoms with E-state index in [0.29, 0.717) is 58.2 Å². The van der Waals surface area contributed by atoms with Crippen molar-refractivity contribution < 1.29 is 38.1 Å². The minimum atomic E-state index is -0.399. The molecule has 0 saturated heterocycles. The molecule has 5 aromatic rings. The van der Waals surface area contributed by atoms with Crippen molar-refractivity contribution in [3.05, 3.63) is 78.4 Å². The topological polar surface area (TPSA) is 125 Å². The molecule has 0 aliphatic heterocycles. The molecule has 6 rings (SSSR count). The Labute approximate surface area is 263 Å². The van der Waals surface area contributed by atoms with Gasteiger partial charge in [0.05, 0.1) is 11.8 Å². The third-order valence-electron chi connectivity index (χ3n) is 7.94. The Kier molecular flexibility index (Phi) is 8.40. The zero-order valence-corrected chi connectivity index (χ0v) is 25.6. The summed E-state index contributed by atoms with van der Waals surface area (Å²) in [6.07, 6.45) is 3.12. The average molecular weight is 626 g/mol. The van der Waals surface area contributed by atoms with Crippen LogP contribution in [-0.2, 0) is 14.4 Å². The normalized spacial score (nSPS) is 16.4. The lowest BCUT2D eigenvalue weighted by molar-refractivity contribution is -0.145. The molecule has 3 aromatic carbocycles. The number of hydrogen-bond acceptors (Lipinski definition) is 10. The van der Waals surface area contributed by atoms with Gasteiger partial charge in [0.1, 0.15) is 33.0 Å². The summed E-state index contributed by atoms with van der Waals surface area (Å²) in [7, 11) is 0. The number of benzene rings is 3. The molecule has 0 unspecified atom stereocenters. The Morgan fingerprint density at radius 3 is 2.31 bits per heavy atom. The molecule has 1 aliphatic carbocycles. The number of thiazole rings is 1. The number of furan rings is 1. The van der Waals surface area contributed by atoms with E-state index in [9.17, 15) is 19.5 Å². The van der Waals surface area contributed by atoms with Crippen LogP contribution in [0, 0.1) is 25.7 Å². The molecule has 1 fully saturated rings. The predicted molar refractivity (Wildman–Crippen MR) is 170 cm³/mol. The number of hydrogen-bond donors (Lipinski definition) is 1. The Balaban J connectivity index is 1.08. The number of fused-ring (bicyclic) bond motifs is 2. The van der Waals surface area contributed by atoms with Crippen LogP contribution in [0.25, 0.3) is 32.0 Å². The molecule has 0 radical (unpaired) electrons. The first-order chi connectivity index (χ1) is 21.7. The van der Waals surface area contributed by atoms with Crippen molar-refractivity contribution in [1.29, 1.82) is 0 Å². The summed E-state index contributed by atoms with van der Waals surface area (Å²) < 4.78 is 23.3. The van der Waals surface area contributed by atoms with Crippen LogP contribution < -0.4 is 14.2 Å². The van der Waals surface area contributed by atoms with E-state index in [-0.39, 0.29) is 41.7 Å². The molecule has 2 heterocycles. The fourth-order valence-electron chi connectivity index (χ4n) is 5.52. The van der Waals surface area contributed by atoms with Gasteiger partial charge in [0.15, 0.2) is 28.9 Å². The fraction of sp³-hybridized carbons (Fsp3) is 0.257. The molecule has 0 bridgehead atoms. The minimum Gasteiger partial charge on any atom is -0.506 e. The lowest BCUT2D eigenvalue weighted by Gasteiger charge is -2.25. The molecule has 230 valence electrons. The van der Waals surface area contributed by atoms with Crippen LogP contribution in [0.15, 0.2) is 71.7 Å². The first kappa shape index (κ1) is 30.1. The highest BCUT2D eigenvalue weighted by molar-refractivity contribution is 7.22. The van der Waals surface area contributed by atoms with Crippen LogP contribution in [0.4, 0.5) is 0 Å². The van der Waals surface area contributed by atoms with E-state index in [2.05, 4.69) is 12.6 Å². The van der Waals surface area contributed by atoms with E-state index in [1.807, 2.05) is 26.0 Å². The highest BCUT2D eigenvalue weighted by atomic mass is 32.1. The molecule has 1 N–H and O–H groups in total. The quantitative estimate of drug-likeness (QED) is 0.101. The van der Waals surface area contributed by atoms with E-state index in [4.69, 9.17) is 23.6 Å². The van der Waals surface area contributed by atoms with Gasteiger partial charge in [-0.25, -0.2) is 4.98 Å². The number of carbonyl (C=O) groups is 3. The van der Waals surface area contributed by atoms with Crippen LogP contribution in [-0.4, -0.2) is 34.4 Å².